The molecule has 11 aromatic rings. The van der Waals surface area contributed by atoms with Gasteiger partial charge < -0.3 is 13.9 Å². The van der Waals surface area contributed by atoms with E-state index in [0.717, 1.165) is 51.1 Å². The van der Waals surface area contributed by atoms with Gasteiger partial charge in [0.25, 0.3) is 0 Å². The molecule has 0 aliphatic heterocycles. The molecular formula is C65H52N2O. The molecular weight excluding hydrogens is 825 g/mol. The summed E-state index contributed by atoms with van der Waals surface area (Å²) in [5, 5.41) is 7.55. The first-order valence-corrected chi connectivity index (χ1v) is 24.6. The summed E-state index contributed by atoms with van der Waals surface area (Å²) < 4.78 is 9.08. The van der Waals surface area contributed by atoms with Gasteiger partial charge in [-0.1, -0.05) is 184 Å². The maximum absolute atomic E-state index is 6.63. The fraction of sp³-hybridized carbons (Fsp3) is 0.138. The number of para-hydroxylation sites is 6. The van der Waals surface area contributed by atoms with Crippen molar-refractivity contribution < 1.29 is 4.42 Å². The molecule has 1 atom stereocenters. The number of fused-ring (bicyclic) bond motifs is 7. The molecule has 2 heterocycles. The Bertz CT molecular complexity index is 3840. The second-order valence-electron chi connectivity index (χ2n) is 19.1. The molecule has 1 fully saturated rings. The maximum atomic E-state index is 6.63. The SMILES string of the molecule is CC1C=c2oc3ccccc3c2=C(c2ccccc2N(c2cccc(-c3cccc4c5ccccc5n(-c5ccccc5)c34)c2)c2ccccc2-c2cccc3cccc(C4CCCCC4)c23)C1. The van der Waals surface area contributed by atoms with Crippen molar-refractivity contribution >= 4 is 72.3 Å². The van der Waals surface area contributed by atoms with E-state index in [1.807, 2.05) is 0 Å². The number of nitrogens with zero attached hydrogens (tertiary/aromatic N) is 2. The van der Waals surface area contributed by atoms with E-state index in [9.17, 15) is 0 Å². The standard InChI is InChI=1S/C65H52N2O/c1-43-40-57(64-56-31-11-15-39-61(56)68-62(64)41-43)53-30-10-13-37-59(53)66(58-36-12-8-28-51(58)54-34-18-23-45-22-17-32-49(63(45)54)44-20-4-2-5-21-44)48-27-16-24-46(42-48)50-33-19-35-55-52-29-9-14-38-60(52)67(65(50)55)47-25-6-3-7-26-47/h3,6-19,22-39,41-44H,2,4-5,20-21,40H2,1H3. The molecule has 2 aliphatic carbocycles. The van der Waals surface area contributed by atoms with Gasteiger partial charge in [0, 0.05) is 49.4 Å². The van der Waals surface area contributed by atoms with Gasteiger partial charge in [-0.3, -0.25) is 0 Å². The smallest absolute Gasteiger partial charge is 0.135 e. The van der Waals surface area contributed by atoms with Gasteiger partial charge in [0.15, 0.2) is 0 Å². The van der Waals surface area contributed by atoms with Crippen LogP contribution in [0.2, 0.25) is 0 Å². The van der Waals surface area contributed by atoms with Gasteiger partial charge in [-0.05, 0) is 119 Å². The first kappa shape index (κ1) is 40.4. The highest BCUT2D eigenvalue weighted by Gasteiger charge is 2.27. The molecule has 0 N–H and O–H groups in total. The average Bonchev–Trinajstić information content (AvgIpc) is 3.95. The van der Waals surface area contributed by atoms with E-state index in [0.29, 0.717) is 11.8 Å². The molecule has 68 heavy (non-hydrogen) atoms. The van der Waals surface area contributed by atoms with Crippen LogP contribution in [0.1, 0.15) is 62.5 Å². The van der Waals surface area contributed by atoms with Crippen molar-refractivity contribution in [3.63, 3.8) is 0 Å². The van der Waals surface area contributed by atoms with Crippen molar-refractivity contribution in [2.75, 3.05) is 4.90 Å². The lowest BCUT2D eigenvalue weighted by molar-refractivity contribution is 0.445. The number of benzene rings is 9. The number of furan rings is 1. The minimum Gasteiger partial charge on any atom is -0.456 e. The molecule has 13 rings (SSSR count). The van der Waals surface area contributed by atoms with E-state index in [4.69, 9.17) is 4.42 Å². The molecule has 3 heteroatoms. The lowest BCUT2D eigenvalue weighted by Gasteiger charge is -2.32. The second-order valence-corrected chi connectivity index (χ2v) is 19.1. The molecule has 3 nitrogen and oxygen atoms in total. The quantitative estimate of drug-likeness (QED) is 0.152. The van der Waals surface area contributed by atoms with Gasteiger partial charge in [0.1, 0.15) is 11.0 Å². The van der Waals surface area contributed by atoms with E-state index in [1.54, 1.807) is 0 Å². The Hall–Kier alpha value is -7.88. The maximum Gasteiger partial charge on any atom is 0.135 e. The average molecular weight is 877 g/mol. The van der Waals surface area contributed by atoms with Crippen molar-refractivity contribution in [2.45, 2.75) is 51.4 Å². The molecule has 0 radical (unpaired) electrons. The summed E-state index contributed by atoms with van der Waals surface area (Å²) >= 11 is 0. The van der Waals surface area contributed by atoms with Crippen molar-refractivity contribution in [1.29, 1.82) is 0 Å². The third kappa shape index (κ3) is 6.71. The zero-order valence-corrected chi connectivity index (χ0v) is 38.4. The number of anilines is 3. The summed E-state index contributed by atoms with van der Waals surface area (Å²) in [4.78, 5) is 2.56. The van der Waals surface area contributed by atoms with Crippen LogP contribution < -0.4 is 15.5 Å². The summed E-state index contributed by atoms with van der Waals surface area (Å²) in [5.41, 5.74) is 17.7. The van der Waals surface area contributed by atoms with Crippen molar-refractivity contribution in [1.82, 2.24) is 4.57 Å². The number of rotatable bonds is 8. The van der Waals surface area contributed by atoms with Crippen LogP contribution in [0.25, 0.3) is 83.1 Å². The van der Waals surface area contributed by atoms with E-state index in [-0.39, 0.29) is 0 Å². The summed E-state index contributed by atoms with van der Waals surface area (Å²) in [6.07, 6.45) is 9.64. The first-order chi connectivity index (χ1) is 33.7. The van der Waals surface area contributed by atoms with Crippen LogP contribution >= 0.6 is 0 Å². The predicted molar refractivity (Wildman–Crippen MR) is 286 cm³/mol. The first-order valence-electron chi connectivity index (χ1n) is 24.6. The summed E-state index contributed by atoms with van der Waals surface area (Å²) in [5.74, 6) is 0.866. The fourth-order valence-corrected chi connectivity index (χ4v) is 12.0. The zero-order valence-electron chi connectivity index (χ0n) is 38.4. The molecule has 1 unspecified atom stereocenters. The van der Waals surface area contributed by atoms with Gasteiger partial charge in [-0.2, -0.15) is 0 Å². The highest BCUT2D eigenvalue weighted by Crippen LogP contribution is 2.48. The lowest BCUT2D eigenvalue weighted by atomic mass is 9.80. The number of hydrogen-bond acceptors (Lipinski definition) is 2. The summed E-state index contributed by atoms with van der Waals surface area (Å²) in [7, 11) is 0. The second kappa shape index (κ2) is 16.8. The van der Waals surface area contributed by atoms with E-state index in [2.05, 4.69) is 229 Å². The van der Waals surface area contributed by atoms with Crippen LogP contribution in [0, 0.1) is 5.92 Å². The number of hydrogen-bond donors (Lipinski definition) is 0. The Kier molecular flexibility index (Phi) is 9.96. The van der Waals surface area contributed by atoms with Crippen LogP contribution in [0.4, 0.5) is 17.1 Å². The van der Waals surface area contributed by atoms with Crippen LogP contribution in [0.3, 0.4) is 0 Å². The zero-order chi connectivity index (χ0) is 45.1. The van der Waals surface area contributed by atoms with E-state index >= 15 is 0 Å². The van der Waals surface area contributed by atoms with Crippen LogP contribution in [-0.2, 0) is 0 Å². The minimum atomic E-state index is 0.306. The Morgan fingerprint density at radius 1 is 0.529 bits per heavy atom. The van der Waals surface area contributed by atoms with Gasteiger partial charge in [0.05, 0.1) is 22.4 Å². The van der Waals surface area contributed by atoms with Crippen molar-refractivity contribution in [3.8, 4) is 27.9 Å². The highest BCUT2D eigenvalue weighted by atomic mass is 16.3. The molecule has 1 saturated carbocycles. The number of aromatic nitrogens is 1. The van der Waals surface area contributed by atoms with Gasteiger partial charge in [-0.25, -0.2) is 0 Å². The van der Waals surface area contributed by atoms with Gasteiger partial charge >= 0.3 is 0 Å². The van der Waals surface area contributed by atoms with Crippen LogP contribution in [0.5, 0.6) is 0 Å². The monoisotopic (exact) mass is 876 g/mol. The molecule has 2 aromatic heterocycles. The van der Waals surface area contributed by atoms with E-state index < -0.39 is 0 Å². The van der Waals surface area contributed by atoms with Gasteiger partial charge in [-0.15, -0.1) is 0 Å². The molecule has 2 aliphatic rings. The van der Waals surface area contributed by atoms with Crippen molar-refractivity contribution in [3.05, 3.63) is 228 Å². The minimum absolute atomic E-state index is 0.306. The molecule has 0 saturated heterocycles. The molecule has 0 amide bonds. The van der Waals surface area contributed by atoms with Crippen LogP contribution in [-0.4, -0.2) is 4.57 Å². The molecule has 0 bridgehead atoms. The normalized spacial score (nSPS) is 15.2. The van der Waals surface area contributed by atoms with Gasteiger partial charge in [0.2, 0.25) is 0 Å². The Morgan fingerprint density at radius 2 is 1.18 bits per heavy atom. The molecule has 328 valence electrons. The topological polar surface area (TPSA) is 21.3 Å². The largest absolute Gasteiger partial charge is 0.456 e. The highest BCUT2D eigenvalue weighted by molar-refractivity contribution is 6.14. The third-order valence-corrected chi connectivity index (χ3v) is 14.9. The van der Waals surface area contributed by atoms with E-state index in [1.165, 1.54) is 103 Å². The predicted octanol–water partition coefficient (Wildman–Crippen LogP) is 16.6. The third-order valence-electron chi connectivity index (χ3n) is 14.9. The van der Waals surface area contributed by atoms with Crippen molar-refractivity contribution in [2.24, 2.45) is 5.92 Å². The summed E-state index contributed by atoms with van der Waals surface area (Å²) in [6.45, 7) is 2.31. The van der Waals surface area contributed by atoms with Crippen LogP contribution in [0.15, 0.2) is 211 Å². The Balaban J connectivity index is 1.09. The Morgan fingerprint density at radius 3 is 2.03 bits per heavy atom. The lowest BCUT2D eigenvalue weighted by Crippen LogP contribution is -2.29. The fourth-order valence-electron chi connectivity index (χ4n) is 12.0. The summed E-state index contributed by atoms with van der Waals surface area (Å²) in [6, 6.07) is 76.4. The molecule has 9 aromatic carbocycles. The Labute approximate surface area is 397 Å². The molecule has 0 spiro atoms.